The molecule has 20 heavy (non-hydrogen) atoms. The molecule has 1 unspecified atom stereocenters. The van der Waals surface area contributed by atoms with E-state index in [1.54, 1.807) is 20.8 Å². The molecule has 0 fully saturated rings. The Morgan fingerprint density at radius 2 is 1.80 bits per heavy atom. The molecular formula is C12H12BrF4NOS. The summed E-state index contributed by atoms with van der Waals surface area (Å²) in [6.07, 6.45) is -3.95. The minimum absolute atomic E-state index is 0.0641. The summed E-state index contributed by atoms with van der Waals surface area (Å²) in [6.45, 7) is 4.95. The second-order valence-corrected chi connectivity index (χ2v) is 7.80. The van der Waals surface area contributed by atoms with Gasteiger partial charge in [0.25, 0.3) is 0 Å². The maximum absolute atomic E-state index is 13.8. The third-order valence-corrected chi connectivity index (χ3v) is 3.98. The Morgan fingerprint density at radius 1 is 1.25 bits per heavy atom. The monoisotopic (exact) mass is 373 g/mol. The first-order valence-electron chi connectivity index (χ1n) is 5.45. The fourth-order valence-electron chi connectivity index (χ4n) is 1.17. The second kappa shape index (κ2) is 5.93. The van der Waals surface area contributed by atoms with E-state index < -0.39 is 33.3 Å². The van der Waals surface area contributed by atoms with Crippen LogP contribution in [0.5, 0.6) is 0 Å². The van der Waals surface area contributed by atoms with Crippen LogP contribution in [0.1, 0.15) is 31.9 Å². The fourth-order valence-corrected chi connectivity index (χ4v) is 2.17. The normalized spacial score (nSPS) is 14.8. The Hall–Kier alpha value is -0.760. The third kappa shape index (κ3) is 4.37. The van der Waals surface area contributed by atoms with Gasteiger partial charge in [0.1, 0.15) is 16.8 Å². The molecule has 112 valence electrons. The van der Waals surface area contributed by atoms with Crippen molar-refractivity contribution in [2.45, 2.75) is 31.7 Å². The number of alkyl halides is 3. The SMILES string of the molecule is CC(C)(C)S(=O)N=Cc1cc(Br)cc(C(F)(F)F)c1F. The van der Waals surface area contributed by atoms with Gasteiger partial charge in [-0.2, -0.15) is 17.6 Å². The Bertz CT molecular complexity index is 564. The van der Waals surface area contributed by atoms with Gasteiger partial charge in [-0.15, -0.1) is 0 Å². The van der Waals surface area contributed by atoms with E-state index in [0.29, 0.717) is 6.07 Å². The second-order valence-electron chi connectivity index (χ2n) is 4.95. The van der Waals surface area contributed by atoms with Crippen molar-refractivity contribution in [3.63, 3.8) is 0 Å². The van der Waals surface area contributed by atoms with Crippen LogP contribution >= 0.6 is 15.9 Å². The maximum atomic E-state index is 13.8. The quantitative estimate of drug-likeness (QED) is 0.554. The lowest BCUT2D eigenvalue weighted by molar-refractivity contribution is -0.140. The number of halogens is 5. The van der Waals surface area contributed by atoms with Crippen LogP contribution in [0.4, 0.5) is 17.6 Å². The van der Waals surface area contributed by atoms with Crippen LogP contribution in [-0.4, -0.2) is 15.2 Å². The third-order valence-electron chi connectivity index (χ3n) is 2.18. The maximum Gasteiger partial charge on any atom is 0.419 e. The molecule has 1 aromatic rings. The minimum Gasteiger partial charge on any atom is -0.234 e. The number of benzene rings is 1. The van der Waals surface area contributed by atoms with Crippen LogP contribution in [0.2, 0.25) is 0 Å². The van der Waals surface area contributed by atoms with Gasteiger partial charge in [0.2, 0.25) is 0 Å². The largest absolute Gasteiger partial charge is 0.419 e. The lowest BCUT2D eigenvalue weighted by atomic mass is 10.1. The zero-order chi connectivity index (χ0) is 15.7. The Labute approximate surface area is 125 Å². The van der Waals surface area contributed by atoms with E-state index in [1.165, 1.54) is 0 Å². The summed E-state index contributed by atoms with van der Waals surface area (Å²) in [5.41, 5.74) is -1.76. The van der Waals surface area contributed by atoms with Crippen LogP contribution in [0.15, 0.2) is 21.0 Å². The van der Waals surface area contributed by atoms with Crippen molar-refractivity contribution >= 4 is 33.1 Å². The van der Waals surface area contributed by atoms with Gasteiger partial charge >= 0.3 is 6.18 Å². The molecule has 0 bridgehead atoms. The Morgan fingerprint density at radius 3 is 2.25 bits per heavy atom. The topological polar surface area (TPSA) is 29.4 Å². The standard InChI is InChI=1S/C12H12BrF4NOS/c1-11(2,3)20(19)18-6-7-4-8(13)5-9(10(7)14)12(15,16)17/h4-6H,1-3H3. The highest BCUT2D eigenvalue weighted by Crippen LogP contribution is 2.34. The van der Waals surface area contributed by atoms with Gasteiger partial charge in [0.05, 0.1) is 10.3 Å². The molecule has 0 amide bonds. The number of rotatable bonds is 2. The lowest BCUT2D eigenvalue weighted by Crippen LogP contribution is -2.19. The van der Waals surface area contributed by atoms with Crippen LogP contribution in [0, 0.1) is 5.82 Å². The first-order chi connectivity index (χ1) is 8.93. The highest BCUT2D eigenvalue weighted by molar-refractivity contribution is 9.10. The van der Waals surface area contributed by atoms with E-state index in [-0.39, 0.29) is 10.0 Å². The summed E-state index contributed by atoms with van der Waals surface area (Å²) in [6, 6.07) is 1.79. The highest BCUT2D eigenvalue weighted by atomic mass is 79.9. The van der Waals surface area contributed by atoms with Gasteiger partial charge < -0.3 is 0 Å². The predicted molar refractivity (Wildman–Crippen MR) is 74.6 cm³/mol. The lowest BCUT2D eigenvalue weighted by Gasteiger charge is -2.13. The van der Waals surface area contributed by atoms with E-state index in [1.807, 2.05) is 0 Å². The summed E-state index contributed by atoms with van der Waals surface area (Å²) >= 11 is 2.88. The average molecular weight is 374 g/mol. The summed E-state index contributed by atoms with van der Waals surface area (Å²) < 4.78 is 66.3. The van der Waals surface area contributed by atoms with E-state index in [9.17, 15) is 21.8 Å². The molecule has 0 saturated carbocycles. The summed E-state index contributed by atoms with van der Waals surface area (Å²) in [5, 5.41) is 0. The fraction of sp³-hybridized carbons (Fsp3) is 0.417. The van der Waals surface area contributed by atoms with Crippen molar-refractivity contribution in [1.29, 1.82) is 0 Å². The first-order valence-corrected chi connectivity index (χ1v) is 7.35. The molecule has 0 aromatic heterocycles. The van der Waals surface area contributed by atoms with E-state index in [0.717, 1.165) is 12.3 Å². The first kappa shape index (κ1) is 17.3. The van der Waals surface area contributed by atoms with Crippen molar-refractivity contribution in [1.82, 2.24) is 0 Å². The Kier molecular flexibility index (Phi) is 5.13. The van der Waals surface area contributed by atoms with E-state index >= 15 is 0 Å². The van der Waals surface area contributed by atoms with Crippen LogP contribution in [0.3, 0.4) is 0 Å². The van der Waals surface area contributed by atoms with Crippen LogP contribution in [0.25, 0.3) is 0 Å². The van der Waals surface area contributed by atoms with Gasteiger partial charge in [0.15, 0.2) is 0 Å². The molecule has 2 nitrogen and oxygen atoms in total. The van der Waals surface area contributed by atoms with E-state index in [2.05, 4.69) is 20.3 Å². The molecule has 0 saturated heterocycles. The van der Waals surface area contributed by atoms with Crippen molar-refractivity contribution < 1.29 is 21.8 Å². The molecule has 0 radical (unpaired) electrons. The number of hydrogen-bond acceptors (Lipinski definition) is 1. The highest BCUT2D eigenvalue weighted by Gasteiger charge is 2.35. The minimum atomic E-state index is -4.81. The molecule has 0 aliphatic carbocycles. The molecular weight excluding hydrogens is 362 g/mol. The molecule has 0 aliphatic heterocycles. The van der Waals surface area contributed by atoms with Gasteiger partial charge in [-0.1, -0.05) is 15.9 Å². The summed E-state index contributed by atoms with van der Waals surface area (Å²) in [7, 11) is -1.67. The van der Waals surface area contributed by atoms with Gasteiger partial charge in [-0.05, 0) is 32.9 Å². The smallest absolute Gasteiger partial charge is 0.234 e. The Balaban J connectivity index is 3.24. The van der Waals surface area contributed by atoms with Gasteiger partial charge in [-0.25, -0.2) is 8.60 Å². The average Bonchev–Trinajstić information content (AvgIpc) is 2.26. The molecule has 0 N–H and O–H groups in total. The molecule has 1 atom stereocenters. The molecule has 8 heteroatoms. The van der Waals surface area contributed by atoms with Crippen molar-refractivity contribution in [3.05, 3.63) is 33.5 Å². The number of hydrogen-bond donors (Lipinski definition) is 0. The van der Waals surface area contributed by atoms with Gasteiger partial charge in [-0.3, -0.25) is 0 Å². The van der Waals surface area contributed by atoms with Gasteiger partial charge in [0, 0.05) is 16.3 Å². The molecule has 1 aromatic carbocycles. The zero-order valence-electron chi connectivity index (χ0n) is 10.9. The van der Waals surface area contributed by atoms with Crippen molar-refractivity contribution in [3.8, 4) is 0 Å². The molecule has 0 heterocycles. The predicted octanol–water partition coefficient (Wildman–Crippen LogP) is 4.49. The van der Waals surface area contributed by atoms with Crippen molar-refractivity contribution in [2.75, 3.05) is 0 Å². The van der Waals surface area contributed by atoms with Crippen LogP contribution < -0.4 is 0 Å². The summed E-state index contributed by atoms with van der Waals surface area (Å²) in [5.74, 6) is -1.43. The molecule has 1 rings (SSSR count). The van der Waals surface area contributed by atoms with E-state index in [4.69, 9.17) is 0 Å². The zero-order valence-corrected chi connectivity index (χ0v) is 13.3. The van der Waals surface area contributed by atoms with Crippen LogP contribution in [-0.2, 0) is 17.2 Å². The molecule has 0 spiro atoms. The van der Waals surface area contributed by atoms with Crippen molar-refractivity contribution in [2.24, 2.45) is 4.40 Å². The number of nitrogens with zero attached hydrogens (tertiary/aromatic N) is 1. The summed E-state index contributed by atoms with van der Waals surface area (Å²) in [4.78, 5) is 0. The molecule has 0 aliphatic rings.